The van der Waals surface area contributed by atoms with Gasteiger partial charge in [0.25, 0.3) is 5.91 Å². The van der Waals surface area contributed by atoms with E-state index in [2.05, 4.69) is 37.1 Å². The molecule has 0 N–H and O–H groups in total. The molecule has 0 radical (unpaired) electrons. The molecule has 1 aliphatic rings. The fourth-order valence-corrected chi connectivity index (χ4v) is 4.65. The summed E-state index contributed by atoms with van der Waals surface area (Å²) in [6, 6.07) is 14.5. The molecule has 6 heteroatoms. The van der Waals surface area contributed by atoms with Gasteiger partial charge in [-0.2, -0.15) is 5.10 Å². The second kappa shape index (κ2) is 7.12. The highest BCUT2D eigenvalue weighted by Gasteiger charge is 2.25. The maximum Gasteiger partial charge on any atom is 0.255 e. The van der Waals surface area contributed by atoms with Gasteiger partial charge in [-0.25, -0.2) is 9.67 Å². The Morgan fingerprint density at radius 2 is 1.97 bits per heavy atom. The average molecular weight is 403 g/mol. The second-order valence-electron chi connectivity index (χ2n) is 7.70. The predicted octanol–water partition coefficient (Wildman–Crippen LogP) is 4.94. The van der Waals surface area contributed by atoms with E-state index in [9.17, 15) is 4.79 Å². The molecule has 4 aromatic rings. The molecule has 146 valence electrons. The molecular formula is C23H22N4OS. The topological polar surface area (TPSA) is 51.0 Å². The van der Waals surface area contributed by atoms with Crippen LogP contribution in [0.5, 0.6) is 0 Å². The van der Waals surface area contributed by atoms with Crippen molar-refractivity contribution in [3.63, 3.8) is 0 Å². The van der Waals surface area contributed by atoms with E-state index < -0.39 is 0 Å². The van der Waals surface area contributed by atoms with Crippen molar-refractivity contribution >= 4 is 28.3 Å². The number of carbonyl (C=O) groups is 1. The monoisotopic (exact) mass is 402 g/mol. The Morgan fingerprint density at radius 3 is 2.72 bits per heavy atom. The molecule has 0 spiro atoms. The van der Waals surface area contributed by atoms with E-state index >= 15 is 0 Å². The number of nitrogens with zero attached hydrogens (tertiary/aromatic N) is 4. The third kappa shape index (κ3) is 3.13. The predicted molar refractivity (Wildman–Crippen MR) is 116 cm³/mol. The minimum Gasteiger partial charge on any atom is -0.334 e. The first-order chi connectivity index (χ1) is 14.1. The summed E-state index contributed by atoms with van der Waals surface area (Å²) >= 11 is 1.63. The number of rotatable bonds is 3. The van der Waals surface area contributed by atoms with Crippen LogP contribution in [0.15, 0.2) is 54.0 Å². The van der Waals surface area contributed by atoms with Gasteiger partial charge >= 0.3 is 0 Å². The summed E-state index contributed by atoms with van der Waals surface area (Å²) in [5, 5.41) is 7.38. The molecule has 0 saturated carbocycles. The number of pyridine rings is 1. The van der Waals surface area contributed by atoms with Gasteiger partial charge in [-0.3, -0.25) is 4.79 Å². The third-order valence-electron chi connectivity index (χ3n) is 5.48. The van der Waals surface area contributed by atoms with Crippen LogP contribution in [-0.4, -0.2) is 32.1 Å². The Balaban J connectivity index is 1.61. The van der Waals surface area contributed by atoms with Crippen LogP contribution in [0.2, 0.25) is 0 Å². The van der Waals surface area contributed by atoms with Gasteiger partial charge < -0.3 is 4.90 Å². The zero-order chi connectivity index (χ0) is 20.0. The Bertz CT molecular complexity index is 1190. The van der Waals surface area contributed by atoms with Crippen molar-refractivity contribution < 1.29 is 4.79 Å². The van der Waals surface area contributed by atoms with Crippen molar-refractivity contribution in [3.8, 4) is 10.6 Å². The average Bonchev–Trinajstić information content (AvgIpc) is 3.42. The summed E-state index contributed by atoms with van der Waals surface area (Å²) in [6.07, 6.45) is 2.67. The molecule has 1 aliphatic heterocycles. The molecule has 0 aliphatic carbocycles. The third-order valence-corrected chi connectivity index (χ3v) is 6.37. The highest BCUT2D eigenvalue weighted by molar-refractivity contribution is 7.13. The molecule has 1 aromatic carbocycles. The number of fused-ring (bicyclic) bond motifs is 2. The van der Waals surface area contributed by atoms with Crippen molar-refractivity contribution in [2.24, 2.45) is 0 Å². The summed E-state index contributed by atoms with van der Waals surface area (Å²) in [5.41, 5.74) is 4.85. The molecule has 0 atom stereocenters. The minimum atomic E-state index is 0.0491. The molecule has 0 fully saturated rings. The Kier molecular flexibility index (Phi) is 4.43. The lowest BCUT2D eigenvalue weighted by atomic mass is 9.99. The van der Waals surface area contributed by atoms with Gasteiger partial charge in [0.1, 0.15) is 0 Å². The Morgan fingerprint density at radius 1 is 1.14 bits per heavy atom. The van der Waals surface area contributed by atoms with Crippen molar-refractivity contribution in [1.82, 2.24) is 19.7 Å². The number of hydrogen-bond acceptors (Lipinski definition) is 4. The zero-order valence-electron chi connectivity index (χ0n) is 16.5. The van der Waals surface area contributed by atoms with Crippen LogP contribution >= 0.6 is 11.3 Å². The first-order valence-electron chi connectivity index (χ1n) is 9.90. The van der Waals surface area contributed by atoms with Gasteiger partial charge in [0, 0.05) is 19.1 Å². The zero-order valence-corrected chi connectivity index (χ0v) is 17.3. The Labute approximate surface area is 173 Å². The van der Waals surface area contributed by atoms with E-state index in [0.29, 0.717) is 12.1 Å². The van der Waals surface area contributed by atoms with Crippen LogP contribution in [0.25, 0.3) is 21.6 Å². The van der Waals surface area contributed by atoms with E-state index in [1.54, 1.807) is 17.5 Å². The van der Waals surface area contributed by atoms with Gasteiger partial charge in [-0.05, 0) is 48.9 Å². The highest BCUT2D eigenvalue weighted by atomic mass is 32.1. The number of hydrogen-bond donors (Lipinski definition) is 0. The molecule has 29 heavy (non-hydrogen) atoms. The summed E-state index contributed by atoms with van der Waals surface area (Å²) in [7, 11) is 0. The number of carbonyl (C=O) groups excluding carboxylic acids is 1. The van der Waals surface area contributed by atoms with Crippen LogP contribution in [0, 0.1) is 0 Å². The van der Waals surface area contributed by atoms with Crippen LogP contribution in [0.4, 0.5) is 0 Å². The summed E-state index contributed by atoms with van der Waals surface area (Å²) in [6.45, 7) is 5.53. The highest BCUT2D eigenvalue weighted by Crippen LogP contribution is 2.30. The van der Waals surface area contributed by atoms with Crippen molar-refractivity contribution in [2.75, 3.05) is 6.54 Å². The van der Waals surface area contributed by atoms with E-state index in [1.165, 1.54) is 11.1 Å². The SMILES string of the molecule is CC(C)n1ncc2c(C(=O)N3CCc4ccccc4C3)cc(-c3cccs3)nc21. The van der Waals surface area contributed by atoms with Crippen LogP contribution < -0.4 is 0 Å². The first-order valence-corrected chi connectivity index (χ1v) is 10.8. The van der Waals surface area contributed by atoms with Gasteiger partial charge in [-0.15, -0.1) is 11.3 Å². The second-order valence-corrected chi connectivity index (χ2v) is 8.65. The first kappa shape index (κ1) is 18.1. The van der Waals surface area contributed by atoms with E-state index in [0.717, 1.165) is 34.6 Å². The maximum absolute atomic E-state index is 13.6. The van der Waals surface area contributed by atoms with Crippen LogP contribution in [0.1, 0.15) is 41.4 Å². The molecule has 1 amide bonds. The quantitative estimate of drug-likeness (QED) is 0.488. The van der Waals surface area contributed by atoms with Gasteiger partial charge in [0.05, 0.1) is 27.7 Å². The molecule has 0 unspecified atom stereocenters. The lowest BCUT2D eigenvalue weighted by molar-refractivity contribution is 0.0736. The Hall–Kier alpha value is -2.99. The van der Waals surface area contributed by atoms with Crippen LogP contribution in [-0.2, 0) is 13.0 Å². The molecule has 5 rings (SSSR count). The summed E-state index contributed by atoms with van der Waals surface area (Å²) in [4.78, 5) is 21.5. The van der Waals surface area contributed by atoms with Crippen LogP contribution in [0.3, 0.4) is 0 Å². The minimum absolute atomic E-state index is 0.0491. The fraction of sp³-hybridized carbons (Fsp3) is 0.261. The molecule has 3 aromatic heterocycles. The van der Waals surface area contributed by atoms with Crippen molar-refractivity contribution in [1.29, 1.82) is 0 Å². The molecule has 5 nitrogen and oxygen atoms in total. The largest absolute Gasteiger partial charge is 0.334 e. The lowest BCUT2D eigenvalue weighted by Crippen LogP contribution is -2.36. The maximum atomic E-state index is 13.6. The van der Waals surface area contributed by atoms with Gasteiger partial charge in [0.15, 0.2) is 5.65 Å². The standard InChI is InChI=1S/C23H22N4OS/c1-15(2)27-22-19(13-24-27)18(12-20(25-22)21-8-5-11-29-21)23(28)26-10-9-16-6-3-4-7-17(16)14-26/h3-8,11-13,15H,9-10,14H2,1-2H3. The fourth-order valence-electron chi connectivity index (χ4n) is 3.96. The molecule has 0 saturated heterocycles. The molecule has 0 bridgehead atoms. The smallest absolute Gasteiger partial charge is 0.255 e. The summed E-state index contributed by atoms with van der Waals surface area (Å²) in [5.74, 6) is 0.0491. The number of aromatic nitrogens is 3. The summed E-state index contributed by atoms with van der Waals surface area (Å²) < 4.78 is 1.90. The number of thiophene rings is 1. The normalized spacial score (nSPS) is 13.8. The number of benzene rings is 1. The van der Waals surface area contributed by atoms with Crippen molar-refractivity contribution in [2.45, 2.75) is 32.9 Å². The van der Waals surface area contributed by atoms with Gasteiger partial charge in [0.2, 0.25) is 0 Å². The lowest BCUT2D eigenvalue weighted by Gasteiger charge is -2.29. The number of amides is 1. The van der Waals surface area contributed by atoms with E-state index in [-0.39, 0.29) is 11.9 Å². The molecular weight excluding hydrogens is 380 g/mol. The van der Waals surface area contributed by atoms with E-state index in [4.69, 9.17) is 4.98 Å². The van der Waals surface area contributed by atoms with Gasteiger partial charge in [-0.1, -0.05) is 30.3 Å². The molecule has 4 heterocycles. The van der Waals surface area contributed by atoms with E-state index in [1.807, 2.05) is 39.2 Å². The van der Waals surface area contributed by atoms with Crippen molar-refractivity contribution in [3.05, 3.63) is 70.7 Å².